The van der Waals surface area contributed by atoms with Gasteiger partial charge in [0.2, 0.25) is 0 Å². The van der Waals surface area contributed by atoms with E-state index in [1.54, 1.807) is 14.2 Å². The van der Waals surface area contributed by atoms with Crippen LogP contribution in [-0.2, 0) is 9.47 Å². The van der Waals surface area contributed by atoms with Crippen LogP contribution < -0.4 is 0 Å². The van der Waals surface area contributed by atoms with Gasteiger partial charge >= 0.3 is 0 Å². The second kappa shape index (κ2) is 3.31. The maximum absolute atomic E-state index is 5.40. The van der Waals surface area contributed by atoms with Gasteiger partial charge in [0.1, 0.15) is 5.76 Å². The topological polar surface area (TPSA) is 18.5 Å². The Morgan fingerprint density at radius 1 is 1.42 bits per heavy atom. The maximum atomic E-state index is 5.40. The molecular weight excluding hydrogens is 152 g/mol. The molecule has 0 saturated carbocycles. The predicted molar refractivity (Wildman–Crippen MR) is 48.8 cm³/mol. The summed E-state index contributed by atoms with van der Waals surface area (Å²) in [6.45, 7) is 4.18. The Kier molecular flexibility index (Phi) is 2.58. The van der Waals surface area contributed by atoms with E-state index in [1.165, 1.54) is 0 Å². The van der Waals surface area contributed by atoms with Gasteiger partial charge in [0.25, 0.3) is 0 Å². The van der Waals surface area contributed by atoms with Gasteiger partial charge in [0, 0.05) is 13.0 Å². The highest BCUT2D eigenvalue weighted by atomic mass is 16.5. The lowest BCUT2D eigenvalue weighted by Crippen LogP contribution is -2.33. The second-order valence-electron chi connectivity index (χ2n) is 3.28. The van der Waals surface area contributed by atoms with Crippen molar-refractivity contribution in [2.75, 3.05) is 14.2 Å². The molecule has 0 N–H and O–H groups in total. The van der Waals surface area contributed by atoms with Crippen molar-refractivity contribution in [2.24, 2.45) is 5.92 Å². The molecule has 0 spiro atoms. The van der Waals surface area contributed by atoms with Crippen molar-refractivity contribution in [2.45, 2.75) is 19.4 Å². The molecular formula is C10H16O2. The summed E-state index contributed by atoms with van der Waals surface area (Å²) in [5.74, 6) is 1.26. The molecule has 2 nitrogen and oxygen atoms in total. The van der Waals surface area contributed by atoms with E-state index in [1.807, 2.05) is 12.2 Å². The van der Waals surface area contributed by atoms with Crippen molar-refractivity contribution in [1.82, 2.24) is 0 Å². The summed E-state index contributed by atoms with van der Waals surface area (Å²) in [4.78, 5) is 0. The molecule has 2 atom stereocenters. The molecule has 1 aliphatic carbocycles. The van der Waals surface area contributed by atoms with Gasteiger partial charge in [-0.05, 0) is 25.2 Å². The van der Waals surface area contributed by atoms with Crippen LogP contribution in [0.3, 0.4) is 0 Å². The molecule has 0 heterocycles. The minimum atomic E-state index is -0.179. The number of hydrogen-bond donors (Lipinski definition) is 0. The standard InChI is InChI=1S/C10H16O2/c1-8-7-9(11-3)5-6-10(8,2)12-4/h5-8H,1-4H3. The van der Waals surface area contributed by atoms with Crippen molar-refractivity contribution >= 4 is 0 Å². The van der Waals surface area contributed by atoms with E-state index < -0.39 is 0 Å². The van der Waals surface area contributed by atoms with Crippen molar-refractivity contribution in [3.8, 4) is 0 Å². The minimum absolute atomic E-state index is 0.179. The van der Waals surface area contributed by atoms with Gasteiger partial charge in [0.05, 0.1) is 12.7 Å². The SMILES string of the molecule is COC1=CC(C)C(C)(OC)C=C1. The van der Waals surface area contributed by atoms with Gasteiger partial charge in [-0.2, -0.15) is 0 Å². The fourth-order valence-electron chi connectivity index (χ4n) is 1.26. The van der Waals surface area contributed by atoms with Crippen LogP contribution in [0.15, 0.2) is 24.0 Å². The van der Waals surface area contributed by atoms with E-state index in [2.05, 4.69) is 19.9 Å². The fourth-order valence-corrected chi connectivity index (χ4v) is 1.26. The molecule has 68 valence electrons. The predicted octanol–water partition coefficient (Wildman–Crippen LogP) is 2.13. The van der Waals surface area contributed by atoms with Gasteiger partial charge in [0.15, 0.2) is 0 Å². The van der Waals surface area contributed by atoms with E-state index in [4.69, 9.17) is 9.47 Å². The summed E-state index contributed by atoms with van der Waals surface area (Å²) in [6, 6.07) is 0. The third-order valence-electron chi connectivity index (χ3n) is 2.57. The quantitative estimate of drug-likeness (QED) is 0.629. The molecule has 0 aromatic carbocycles. The molecule has 1 aliphatic rings. The second-order valence-corrected chi connectivity index (χ2v) is 3.28. The highest BCUT2D eigenvalue weighted by molar-refractivity contribution is 5.25. The Hall–Kier alpha value is -0.760. The highest BCUT2D eigenvalue weighted by Crippen LogP contribution is 2.29. The minimum Gasteiger partial charge on any atom is -0.497 e. The molecule has 12 heavy (non-hydrogen) atoms. The van der Waals surface area contributed by atoms with Crippen molar-refractivity contribution in [1.29, 1.82) is 0 Å². The monoisotopic (exact) mass is 168 g/mol. The molecule has 0 bridgehead atoms. The Balaban J connectivity index is 2.81. The molecule has 0 amide bonds. The molecule has 0 fully saturated rings. The van der Waals surface area contributed by atoms with Crippen LogP contribution in [0.4, 0.5) is 0 Å². The molecule has 0 saturated heterocycles. The van der Waals surface area contributed by atoms with E-state index in [0.29, 0.717) is 5.92 Å². The summed E-state index contributed by atoms with van der Waals surface area (Å²) in [7, 11) is 3.41. The van der Waals surface area contributed by atoms with E-state index in [9.17, 15) is 0 Å². The number of allylic oxidation sites excluding steroid dienone is 1. The summed E-state index contributed by atoms with van der Waals surface area (Å²) in [6.07, 6.45) is 6.06. The lowest BCUT2D eigenvalue weighted by Gasteiger charge is -2.32. The first-order valence-electron chi connectivity index (χ1n) is 4.12. The van der Waals surface area contributed by atoms with Crippen LogP contribution >= 0.6 is 0 Å². The first-order valence-corrected chi connectivity index (χ1v) is 4.12. The average molecular weight is 168 g/mol. The number of hydrogen-bond acceptors (Lipinski definition) is 2. The summed E-state index contributed by atoms with van der Waals surface area (Å²) in [5.41, 5.74) is -0.179. The van der Waals surface area contributed by atoms with Gasteiger partial charge in [-0.15, -0.1) is 0 Å². The first-order chi connectivity index (χ1) is 5.62. The molecule has 0 radical (unpaired) electrons. The van der Waals surface area contributed by atoms with Gasteiger partial charge < -0.3 is 9.47 Å². The Bertz CT molecular complexity index is 218. The normalized spacial score (nSPS) is 34.7. The number of ether oxygens (including phenoxy) is 2. The number of methoxy groups -OCH3 is 2. The zero-order valence-corrected chi connectivity index (χ0v) is 8.13. The Morgan fingerprint density at radius 2 is 2.08 bits per heavy atom. The van der Waals surface area contributed by atoms with Crippen LogP contribution in [0.2, 0.25) is 0 Å². The fraction of sp³-hybridized carbons (Fsp3) is 0.600. The van der Waals surface area contributed by atoms with Crippen LogP contribution in [0.25, 0.3) is 0 Å². The van der Waals surface area contributed by atoms with Crippen molar-refractivity contribution in [3.63, 3.8) is 0 Å². The molecule has 2 heteroatoms. The summed E-state index contributed by atoms with van der Waals surface area (Å²) in [5, 5.41) is 0. The van der Waals surface area contributed by atoms with Gasteiger partial charge in [-0.3, -0.25) is 0 Å². The largest absolute Gasteiger partial charge is 0.497 e. The molecule has 1 rings (SSSR count). The molecule has 0 aromatic rings. The molecule has 2 unspecified atom stereocenters. The van der Waals surface area contributed by atoms with E-state index >= 15 is 0 Å². The smallest absolute Gasteiger partial charge is 0.115 e. The third kappa shape index (κ3) is 1.53. The van der Waals surface area contributed by atoms with E-state index in [0.717, 1.165) is 5.76 Å². The first kappa shape index (κ1) is 9.33. The zero-order chi connectivity index (χ0) is 9.19. The third-order valence-corrected chi connectivity index (χ3v) is 2.57. The lowest BCUT2D eigenvalue weighted by atomic mass is 9.86. The summed E-state index contributed by atoms with van der Waals surface area (Å²) < 4.78 is 10.5. The maximum Gasteiger partial charge on any atom is 0.115 e. The highest BCUT2D eigenvalue weighted by Gasteiger charge is 2.29. The number of rotatable bonds is 2. The summed E-state index contributed by atoms with van der Waals surface area (Å²) >= 11 is 0. The van der Waals surface area contributed by atoms with Crippen LogP contribution in [0, 0.1) is 5.92 Å². The van der Waals surface area contributed by atoms with Crippen molar-refractivity contribution in [3.05, 3.63) is 24.0 Å². The Labute approximate surface area is 73.9 Å². The van der Waals surface area contributed by atoms with Crippen LogP contribution in [0.1, 0.15) is 13.8 Å². The Morgan fingerprint density at radius 3 is 2.50 bits per heavy atom. The van der Waals surface area contributed by atoms with E-state index in [-0.39, 0.29) is 5.60 Å². The molecule has 0 aliphatic heterocycles. The van der Waals surface area contributed by atoms with Crippen molar-refractivity contribution < 1.29 is 9.47 Å². The van der Waals surface area contributed by atoms with Crippen LogP contribution in [0.5, 0.6) is 0 Å². The van der Waals surface area contributed by atoms with Crippen LogP contribution in [-0.4, -0.2) is 19.8 Å². The van der Waals surface area contributed by atoms with Gasteiger partial charge in [-0.25, -0.2) is 0 Å². The zero-order valence-electron chi connectivity index (χ0n) is 8.13. The average Bonchev–Trinajstić information content (AvgIpc) is 2.10. The molecule has 0 aromatic heterocycles. The lowest BCUT2D eigenvalue weighted by molar-refractivity contribution is 0.0159. The van der Waals surface area contributed by atoms with Gasteiger partial charge in [-0.1, -0.05) is 6.92 Å².